The van der Waals surface area contributed by atoms with Crippen molar-refractivity contribution in [2.24, 2.45) is 0 Å². The third-order valence-electron chi connectivity index (χ3n) is 4.57. The lowest BCUT2D eigenvalue weighted by molar-refractivity contribution is -0.103. The molecule has 1 heterocycles. The van der Waals surface area contributed by atoms with Gasteiger partial charge in [-0.05, 0) is 37.8 Å². The van der Waals surface area contributed by atoms with Gasteiger partial charge in [0.05, 0.1) is 11.3 Å². The third kappa shape index (κ3) is 2.80. The Morgan fingerprint density at radius 3 is 2.75 bits per heavy atom. The van der Waals surface area contributed by atoms with Gasteiger partial charge in [0.2, 0.25) is 0 Å². The average Bonchev–Trinajstić information content (AvgIpc) is 2.45. The maximum atomic E-state index is 13.7. The maximum Gasteiger partial charge on any atom is 0.181 e. The number of hydrogen-bond donors (Lipinski definition) is 1. The zero-order valence-corrected chi connectivity index (χ0v) is 11.6. The molecule has 20 heavy (non-hydrogen) atoms. The van der Waals surface area contributed by atoms with Crippen molar-refractivity contribution in [1.29, 1.82) is 0 Å². The van der Waals surface area contributed by atoms with E-state index in [1.54, 1.807) is 6.07 Å². The molecule has 1 aromatic carbocycles. The molecule has 1 saturated carbocycles. The molecule has 3 rings (SSSR count). The molecule has 1 aliphatic heterocycles. The first-order valence-corrected chi connectivity index (χ1v) is 7.53. The molecule has 1 aromatic rings. The quantitative estimate of drug-likeness (QED) is 0.874. The van der Waals surface area contributed by atoms with E-state index in [1.165, 1.54) is 25.3 Å². The van der Waals surface area contributed by atoms with E-state index in [4.69, 9.17) is 4.74 Å². The molecule has 1 spiro atoms. The molecule has 0 radical (unpaired) electrons. The van der Waals surface area contributed by atoms with Crippen LogP contribution in [0.25, 0.3) is 0 Å². The molecular formula is C16H21F2NO. The number of ether oxygens (including phenoxy) is 1. The molecule has 110 valence electrons. The summed E-state index contributed by atoms with van der Waals surface area (Å²) in [4.78, 5) is 0. The van der Waals surface area contributed by atoms with Crippen molar-refractivity contribution in [2.45, 2.75) is 56.6 Å². The number of anilines is 1. The predicted octanol–water partition coefficient (Wildman–Crippen LogP) is 4.26. The second kappa shape index (κ2) is 5.68. The highest BCUT2D eigenvalue weighted by atomic mass is 19.2. The third-order valence-corrected chi connectivity index (χ3v) is 4.57. The van der Waals surface area contributed by atoms with Crippen LogP contribution in [-0.2, 0) is 4.74 Å². The van der Waals surface area contributed by atoms with E-state index in [2.05, 4.69) is 5.32 Å². The molecule has 2 aliphatic rings. The topological polar surface area (TPSA) is 21.3 Å². The van der Waals surface area contributed by atoms with E-state index in [1.807, 2.05) is 0 Å². The molecule has 0 aromatic heterocycles. The van der Waals surface area contributed by atoms with Crippen LogP contribution in [0.1, 0.15) is 44.9 Å². The van der Waals surface area contributed by atoms with E-state index in [-0.39, 0.29) is 17.3 Å². The fourth-order valence-corrected chi connectivity index (χ4v) is 3.53. The van der Waals surface area contributed by atoms with Gasteiger partial charge in [0.25, 0.3) is 0 Å². The summed E-state index contributed by atoms with van der Waals surface area (Å²) >= 11 is 0. The zero-order valence-electron chi connectivity index (χ0n) is 11.6. The molecule has 4 heteroatoms. The second-order valence-electron chi connectivity index (χ2n) is 6.03. The van der Waals surface area contributed by atoms with Gasteiger partial charge < -0.3 is 10.1 Å². The van der Waals surface area contributed by atoms with E-state index in [9.17, 15) is 8.78 Å². The highest BCUT2D eigenvalue weighted by molar-refractivity contribution is 5.46. The van der Waals surface area contributed by atoms with Gasteiger partial charge >= 0.3 is 0 Å². The van der Waals surface area contributed by atoms with Crippen molar-refractivity contribution >= 4 is 5.69 Å². The van der Waals surface area contributed by atoms with Crippen LogP contribution in [0.3, 0.4) is 0 Å². The van der Waals surface area contributed by atoms with E-state index in [0.717, 1.165) is 31.7 Å². The minimum atomic E-state index is -0.797. The average molecular weight is 281 g/mol. The molecule has 1 atom stereocenters. The van der Waals surface area contributed by atoms with Crippen LogP contribution in [0.2, 0.25) is 0 Å². The van der Waals surface area contributed by atoms with Crippen LogP contribution in [0.15, 0.2) is 18.2 Å². The summed E-state index contributed by atoms with van der Waals surface area (Å²) in [6.45, 7) is 0.703. The Labute approximate surface area is 118 Å². The van der Waals surface area contributed by atoms with Gasteiger partial charge in [-0.3, -0.25) is 0 Å². The fraction of sp³-hybridized carbons (Fsp3) is 0.625. The Hall–Kier alpha value is -1.16. The number of nitrogens with one attached hydrogen (secondary N) is 1. The summed E-state index contributed by atoms with van der Waals surface area (Å²) in [7, 11) is 0. The minimum absolute atomic E-state index is 0.0298. The summed E-state index contributed by atoms with van der Waals surface area (Å²) in [5, 5.41) is 3.17. The Kier molecular flexibility index (Phi) is 3.92. The number of benzene rings is 1. The number of hydrogen-bond acceptors (Lipinski definition) is 2. The van der Waals surface area contributed by atoms with Crippen LogP contribution >= 0.6 is 0 Å². The van der Waals surface area contributed by atoms with E-state index >= 15 is 0 Å². The van der Waals surface area contributed by atoms with E-state index < -0.39 is 11.6 Å². The van der Waals surface area contributed by atoms with Crippen molar-refractivity contribution in [3.05, 3.63) is 29.8 Å². The SMILES string of the molecule is Fc1cccc(NC2CCOC3(CCCCC3)C2)c1F. The van der Waals surface area contributed by atoms with Gasteiger partial charge in [0, 0.05) is 12.6 Å². The molecule has 0 amide bonds. The van der Waals surface area contributed by atoms with E-state index in [0.29, 0.717) is 6.61 Å². The highest BCUT2D eigenvalue weighted by Crippen LogP contribution is 2.39. The van der Waals surface area contributed by atoms with Crippen molar-refractivity contribution in [3.8, 4) is 0 Å². The lowest BCUT2D eigenvalue weighted by atomic mass is 9.78. The number of rotatable bonds is 2. The summed E-state index contributed by atoms with van der Waals surface area (Å²) < 4.78 is 33.0. The molecule has 1 saturated heterocycles. The first kappa shape index (κ1) is 13.8. The molecule has 2 nitrogen and oxygen atoms in total. The monoisotopic (exact) mass is 281 g/mol. The predicted molar refractivity (Wildman–Crippen MR) is 74.8 cm³/mol. The molecule has 1 unspecified atom stereocenters. The molecule has 1 aliphatic carbocycles. The van der Waals surface area contributed by atoms with Gasteiger partial charge in [0.1, 0.15) is 0 Å². The van der Waals surface area contributed by atoms with Crippen LogP contribution in [0, 0.1) is 11.6 Å². The Balaban J connectivity index is 1.69. The zero-order chi connectivity index (χ0) is 14.0. The van der Waals surface area contributed by atoms with Crippen LogP contribution < -0.4 is 5.32 Å². The Morgan fingerprint density at radius 1 is 1.15 bits per heavy atom. The minimum Gasteiger partial charge on any atom is -0.380 e. The first-order valence-electron chi connectivity index (χ1n) is 7.53. The standard InChI is InChI=1S/C16H21F2NO/c17-13-5-4-6-14(15(13)18)19-12-7-10-20-16(11-12)8-2-1-3-9-16/h4-6,12,19H,1-3,7-11H2. The highest BCUT2D eigenvalue weighted by Gasteiger charge is 2.38. The van der Waals surface area contributed by atoms with Crippen molar-refractivity contribution < 1.29 is 13.5 Å². The Morgan fingerprint density at radius 2 is 1.95 bits per heavy atom. The molecule has 0 bridgehead atoms. The summed E-state index contributed by atoms with van der Waals surface area (Å²) in [6.07, 6.45) is 7.62. The van der Waals surface area contributed by atoms with Crippen LogP contribution in [0.5, 0.6) is 0 Å². The van der Waals surface area contributed by atoms with Gasteiger partial charge in [-0.15, -0.1) is 0 Å². The first-order chi connectivity index (χ1) is 9.69. The molecular weight excluding hydrogens is 260 g/mol. The van der Waals surface area contributed by atoms with Gasteiger partial charge in [-0.2, -0.15) is 0 Å². The smallest absolute Gasteiger partial charge is 0.181 e. The lowest BCUT2D eigenvalue weighted by Crippen LogP contribution is -2.45. The maximum absolute atomic E-state index is 13.7. The van der Waals surface area contributed by atoms with Crippen LogP contribution in [-0.4, -0.2) is 18.2 Å². The van der Waals surface area contributed by atoms with Gasteiger partial charge in [-0.1, -0.05) is 25.3 Å². The molecule has 1 N–H and O–H groups in total. The summed E-state index contributed by atoms with van der Waals surface area (Å²) in [5.74, 6) is -1.58. The van der Waals surface area contributed by atoms with Gasteiger partial charge in [0.15, 0.2) is 11.6 Å². The van der Waals surface area contributed by atoms with Crippen LogP contribution in [0.4, 0.5) is 14.5 Å². The largest absolute Gasteiger partial charge is 0.380 e. The second-order valence-corrected chi connectivity index (χ2v) is 6.03. The number of halogens is 2. The normalized spacial score (nSPS) is 25.6. The van der Waals surface area contributed by atoms with Gasteiger partial charge in [-0.25, -0.2) is 8.78 Å². The summed E-state index contributed by atoms with van der Waals surface area (Å²) in [5.41, 5.74) is 0.237. The van der Waals surface area contributed by atoms with Crippen molar-refractivity contribution in [3.63, 3.8) is 0 Å². The fourth-order valence-electron chi connectivity index (χ4n) is 3.53. The molecule has 2 fully saturated rings. The lowest BCUT2D eigenvalue weighted by Gasteiger charge is -2.44. The van der Waals surface area contributed by atoms with Crippen molar-refractivity contribution in [2.75, 3.05) is 11.9 Å². The van der Waals surface area contributed by atoms with Crippen molar-refractivity contribution in [1.82, 2.24) is 0 Å². The Bertz CT molecular complexity index is 466. The summed E-state index contributed by atoms with van der Waals surface area (Å²) in [6, 6.07) is 4.45.